The molecule has 0 amide bonds. The van der Waals surface area contributed by atoms with Gasteiger partial charge >= 0.3 is 0 Å². The summed E-state index contributed by atoms with van der Waals surface area (Å²) >= 11 is 0. The molecule has 1 aromatic heterocycles. The van der Waals surface area contributed by atoms with E-state index >= 15 is 0 Å². The van der Waals surface area contributed by atoms with Gasteiger partial charge in [-0.3, -0.25) is 9.59 Å². The molecule has 3 aromatic carbocycles. The van der Waals surface area contributed by atoms with E-state index in [2.05, 4.69) is 5.10 Å². The van der Waals surface area contributed by atoms with Crippen molar-refractivity contribution >= 4 is 22.6 Å². The summed E-state index contributed by atoms with van der Waals surface area (Å²) in [4.78, 5) is 26.0. The summed E-state index contributed by atoms with van der Waals surface area (Å²) in [7, 11) is 1.56. The van der Waals surface area contributed by atoms with Gasteiger partial charge in [0.15, 0.2) is 5.78 Å². The summed E-state index contributed by atoms with van der Waals surface area (Å²) < 4.78 is 6.59. The second-order valence-electron chi connectivity index (χ2n) is 6.37. The Morgan fingerprint density at radius 1 is 0.926 bits per heavy atom. The summed E-state index contributed by atoms with van der Waals surface area (Å²) in [6.07, 6.45) is 0. The van der Waals surface area contributed by atoms with Gasteiger partial charge in [-0.1, -0.05) is 42.5 Å². The Kier molecular flexibility index (Phi) is 3.24. The lowest BCUT2D eigenvalue weighted by molar-refractivity contribution is 0.0949. The molecule has 1 heterocycles. The predicted octanol–water partition coefficient (Wildman–Crippen LogP) is 3.94. The molecule has 0 atom stereocenters. The van der Waals surface area contributed by atoms with Gasteiger partial charge in [-0.15, -0.1) is 0 Å². The number of hydrogen-bond acceptors (Lipinski definition) is 4. The predicted molar refractivity (Wildman–Crippen MR) is 101 cm³/mol. The quantitative estimate of drug-likeness (QED) is 0.482. The Bertz CT molecular complexity index is 1250. The molecule has 4 aromatic rings. The van der Waals surface area contributed by atoms with Gasteiger partial charge < -0.3 is 4.74 Å². The van der Waals surface area contributed by atoms with Gasteiger partial charge in [-0.25, -0.2) is 0 Å². The molecule has 0 saturated carbocycles. The van der Waals surface area contributed by atoms with Gasteiger partial charge in [0.05, 0.1) is 12.6 Å². The molecule has 0 N–H and O–H groups in total. The molecule has 0 aliphatic heterocycles. The molecule has 0 radical (unpaired) electrons. The number of carbonyl (C=O) groups is 2. The number of benzene rings is 3. The Labute approximate surface area is 154 Å². The molecule has 27 heavy (non-hydrogen) atoms. The molecular formula is C22H14N2O3. The van der Waals surface area contributed by atoms with Gasteiger partial charge in [0.2, 0.25) is 0 Å². The SMILES string of the molecule is COc1cccc(C(=O)n2nc3c4c(cccc42)C(=O)c2ccccc2-3)c1. The van der Waals surface area contributed by atoms with E-state index in [0.717, 1.165) is 10.9 Å². The lowest BCUT2D eigenvalue weighted by Crippen LogP contribution is -2.13. The van der Waals surface area contributed by atoms with Crippen molar-refractivity contribution in [2.24, 2.45) is 0 Å². The van der Waals surface area contributed by atoms with Crippen LogP contribution in [0.4, 0.5) is 0 Å². The Hall–Kier alpha value is -3.73. The zero-order chi connectivity index (χ0) is 18.5. The van der Waals surface area contributed by atoms with Crippen LogP contribution in [0, 0.1) is 0 Å². The molecule has 0 bridgehead atoms. The van der Waals surface area contributed by atoms with E-state index in [0.29, 0.717) is 33.7 Å². The lowest BCUT2D eigenvalue weighted by atomic mass is 9.87. The highest BCUT2D eigenvalue weighted by Gasteiger charge is 2.29. The maximum Gasteiger partial charge on any atom is 0.278 e. The van der Waals surface area contributed by atoms with Crippen LogP contribution in [0.3, 0.4) is 0 Å². The van der Waals surface area contributed by atoms with Crippen molar-refractivity contribution in [1.82, 2.24) is 9.78 Å². The third-order valence-corrected chi connectivity index (χ3v) is 4.89. The van der Waals surface area contributed by atoms with E-state index in [4.69, 9.17) is 4.74 Å². The van der Waals surface area contributed by atoms with Crippen LogP contribution < -0.4 is 4.74 Å². The number of ketones is 1. The fraction of sp³-hybridized carbons (Fsp3) is 0.0455. The number of carbonyl (C=O) groups excluding carboxylic acids is 2. The standard InChI is InChI=1S/C22H14N2O3/c1-27-14-7-4-6-13(12-14)22(26)24-18-11-5-10-17-19(18)20(23-24)15-8-2-3-9-16(15)21(17)25/h2-12H,1H3. The van der Waals surface area contributed by atoms with Crippen molar-refractivity contribution in [3.63, 3.8) is 0 Å². The number of ether oxygens (including phenoxy) is 1. The highest BCUT2D eigenvalue weighted by Crippen LogP contribution is 2.38. The maximum absolute atomic E-state index is 13.1. The summed E-state index contributed by atoms with van der Waals surface area (Å²) in [6.45, 7) is 0. The Morgan fingerprint density at radius 3 is 2.48 bits per heavy atom. The highest BCUT2D eigenvalue weighted by molar-refractivity contribution is 6.25. The topological polar surface area (TPSA) is 61.2 Å². The molecule has 0 saturated heterocycles. The van der Waals surface area contributed by atoms with Crippen molar-refractivity contribution < 1.29 is 14.3 Å². The van der Waals surface area contributed by atoms with Crippen LogP contribution in [0.25, 0.3) is 22.2 Å². The molecule has 5 heteroatoms. The van der Waals surface area contributed by atoms with E-state index < -0.39 is 0 Å². The number of fused-ring (bicyclic) bond motifs is 2. The Morgan fingerprint density at radius 2 is 1.67 bits per heavy atom. The van der Waals surface area contributed by atoms with Crippen molar-refractivity contribution in [2.75, 3.05) is 7.11 Å². The first-order chi connectivity index (χ1) is 13.2. The van der Waals surface area contributed by atoms with Crippen LogP contribution in [-0.4, -0.2) is 28.6 Å². The van der Waals surface area contributed by atoms with Crippen LogP contribution in [0.1, 0.15) is 26.3 Å². The zero-order valence-corrected chi connectivity index (χ0v) is 14.5. The molecule has 0 unspecified atom stereocenters. The molecule has 130 valence electrons. The number of nitrogens with zero attached hydrogens (tertiary/aromatic N) is 2. The molecular weight excluding hydrogens is 340 g/mol. The van der Waals surface area contributed by atoms with Crippen molar-refractivity contribution in [1.29, 1.82) is 0 Å². The van der Waals surface area contributed by atoms with Gasteiger partial charge in [-0.2, -0.15) is 9.78 Å². The van der Waals surface area contributed by atoms with Gasteiger partial charge in [0, 0.05) is 27.6 Å². The first-order valence-corrected chi connectivity index (χ1v) is 8.53. The Balaban J connectivity index is 1.78. The fourth-order valence-corrected chi connectivity index (χ4v) is 3.61. The van der Waals surface area contributed by atoms with Crippen LogP contribution >= 0.6 is 0 Å². The zero-order valence-electron chi connectivity index (χ0n) is 14.5. The average Bonchev–Trinajstić information content (AvgIpc) is 3.12. The summed E-state index contributed by atoms with van der Waals surface area (Å²) in [6, 6.07) is 19.7. The third-order valence-electron chi connectivity index (χ3n) is 4.89. The second kappa shape index (κ2) is 5.64. The molecule has 5 nitrogen and oxygen atoms in total. The van der Waals surface area contributed by atoms with Crippen molar-refractivity contribution in [2.45, 2.75) is 0 Å². The minimum Gasteiger partial charge on any atom is -0.497 e. The smallest absolute Gasteiger partial charge is 0.278 e. The molecule has 0 fully saturated rings. The first-order valence-electron chi connectivity index (χ1n) is 8.53. The number of methoxy groups -OCH3 is 1. The molecule has 1 aliphatic carbocycles. The highest BCUT2D eigenvalue weighted by atomic mass is 16.5. The monoisotopic (exact) mass is 354 g/mol. The third kappa shape index (κ3) is 2.15. The first kappa shape index (κ1) is 15.5. The van der Waals surface area contributed by atoms with E-state index in [9.17, 15) is 9.59 Å². The van der Waals surface area contributed by atoms with Crippen LogP contribution in [-0.2, 0) is 0 Å². The van der Waals surface area contributed by atoms with Gasteiger partial charge in [0.1, 0.15) is 11.4 Å². The summed E-state index contributed by atoms with van der Waals surface area (Å²) in [5.41, 5.74) is 3.69. The molecule has 0 spiro atoms. The lowest BCUT2D eigenvalue weighted by Gasteiger charge is -2.13. The van der Waals surface area contributed by atoms with E-state index in [1.165, 1.54) is 4.68 Å². The van der Waals surface area contributed by atoms with Crippen LogP contribution in [0.2, 0.25) is 0 Å². The second-order valence-corrected chi connectivity index (χ2v) is 6.37. The molecule has 5 rings (SSSR count). The maximum atomic E-state index is 13.1. The van der Waals surface area contributed by atoms with E-state index in [1.807, 2.05) is 24.3 Å². The average molecular weight is 354 g/mol. The number of aromatic nitrogens is 2. The number of hydrogen-bond donors (Lipinski definition) is 0. The van der Waals surface area contributed by atoms with E-state index in [1.54, 1.807) is 49.6 Å². The van der Waals surface area contributed by atoms with Gasteiger partial charge in [-0.05, 0) is 24.3 Å². The normalized spacial score (nSPS) is 12.1. The van der Waals surface area contributed by atoms with Crippen molar-refractivity contribution in [3.8, 4) is 17.0 Å². The fourth-order valence-electron chi connectivity index (χ4n) is 3.61. The van der Waals surface area contributed by atoms with Gasteiger partial charge in [0.25, 0.3) is 5.91 Å². The summed E-state index contributed by atoms with van der Waals surface area (Å²) in [5.74, 6) is 0.286. The minimum absolute atomic E-state index is 0.0444. The van der Waals surface area contributed by atoms with Crippen molar-refractivity contribution in [3.05, 3.63) is 83.4 Å². The molecule has 1 aliphatic rings. The van der Waals surface area contributed by atoms with E-state index in [-0.39, 0.29) is 11.7 Å². The number of rotatable bonds is 2. The minimum atomic E-state index is -0.269. The summed E-state index contributed by atoms with van der Waals surface area (Å²) in [5, 5.41) is 5.32. The largest absolute Gasteiger partial charge is 0.497 e. The van der Waals surface area contributed by atoms with Crippen LogP contribution in [0.5, 0.6) is 5.75 Å². The van der Waals surface area contributed by atoms with Crippen LogP contribution in [0.15, 0.2) is 66.7 Å².